The molecule has 0 amide bonds. The molecule has 0 bridgehead atoms. The number of hydrogen-bond donors (Lipinski definition) is 2. The lowest BCUT2D eigenvalue weighted by Gasteiger charge is -2.06. The molecule has 0 saturated carbocycles. The summed E-state index contributed by atoms with van der Waals surface area (Å²) in [5.41, 5.74) is 0.840. The minimum absolute atomic E-state index is 0.0706. The number of fused-ring (bicyclic) bond motifs is 1. The molecule has 0 aliphatic rings. The van der Waals surface area contributed by atoms with Gasteiger partial charge in [0, 0.05) is 11.5 Å². The highest BCUT2D eigenvalue weighted by Crippen LogP contribution is 2.35. The Morgan fingerprint density at radius 1 is 1.26 bits per heavy atom. The molecule has 6 nitrogen and oxygen atoms in total. The van der Waals surface area contributed by atoms with Crippen molar-refractivity contribution in [1.29, 1.82) is 0 Å². The zero-order chi connectivity index (χ0) is 13.9. The number of aryl methyl sites for hydroxylation is 1. The van der Waals surface area contributed by atoms with Crippen LogP contribution in [0, 0.1) is 0 Å². The van der Waals surface area contributed by atoms with Gasteiger partial charge in [0.1, 0.15) is 5.58 Å². The van der Waals surface area contributed by atoms with Crippen LogP contribution >= 0.6 is 7.82 Å². The molecule has 0 atom stereocenters. The van der Waals surface area contributed by atoms with E-state index in [1.165, 1.54) is 6.07 Å². The lowest BCUT2D eigenvalue weighted by atomic mass is 10.1. The molecular weight excluding hydrogens is 271 g/mol. The van der Waals surface area contributed by atoms with E-state index in [2.05, 4.69) is 4.52 Å². The van der Waals surface area contributed by atoms with E-state index in [0.717, 1.165) is 10.9 Å². The van der Waals surface area contributed by atoms with Crippen LogP contribution in [0.4, 0.5) is 0 Å². The normalized spacial score (nSPS) is 11.9. The fourth-order valence-corrected chi connectivity index (χ4v) is 2.20. The molecule has 0 unspecified atom stereocenters. The molecule has 1 aromatic carbocycles. The fraction of sp³-hybridized carbons (Fsp3) is 0.250. The van der Waals surface area contributed by atoms with Crippen molar-refractivity contribution >= 4 is 18.8 Å². The third-order valence-electron chi connectivity index (χ3n) is 2.59. The highest BCUT2D eigenvalue weighted by atomic mass is 31.2. The van der Waals surface area contributed by atoms with Crippen LogP contribution in [-0.4, -0.2) is 16.4 Å². The molecule has 0 fully saturated rings. The monoisotopic (exact) mass is 284 g/mol. The Morgan fingerprint density at radius 2 is 2.00 bits per heavy atom. The summed E-state index contributed by atoms with van der Waals surface area (Å²) >= 11 is 0. The molecule has 0 spiro atoms. The van der Waals surface area contributed by atoms with Gasteiger partial charge in [0.15, 0.2) is 0 Å². The summed E-state index contributed by atoms with van der Waals surface area (Å²) in [7, 11) is -4.42. The molecule has 19 heavy (non-hydrogen) atoms. The first-order valence-electron chi connectivity index (χ1n) is 5.67. The second-order valence-corrected chi connectivity index (χ2v) is 5.25. The maximum atomic E-state index is 11.4. The largest absolute Gasteiger partial charge is 0.469 e. The molecule has 2 aromatic rings. The summed E-state index contributed by atoms with van der Waals surface area (Å²) in [5.74, 6) is 0. The first kappa shape index (κ1) is 14.0. The van der Waals surface area contributed by atoms with Gasteiger partial charge < -0.3 is 14.2 Å². The van der Waals surface area contributed by atoms with Gasteiger partial charge in [-0.15, -0.1) is 0 Å². The Kier molecular flexibility index (Phi) is 4.17. The maximum absolute atomic E-state index is 11.4. The van der Waals surface area contributed by atoms with Gasteiger partial charge in [-0.2, -0.15) is 0 Å². The van der Waals surface area contributed by atoms with Crippen molar-refractivity contribution in [2.75, 3.05) is 6.61 Å². The third-order valence-corrected chi connectivity index (χ3v) is 3.10. The molecule has 102 valence electrons. The molecule has 0 aliphatic heterocycles. The van der Waals surface area contributed by atoms with E-state index in [1.54, 1.807) is 12.1 Å². The number of para-hydroxylation sites is 1. The van der Waals surface area contributed by atoms with Gasteiger partial charge in [-0.25, -0.2) is 9.36 Å². The van der Waals surface area contributed by atoms with Crippen molar-refractivity contribution in [2.45, 2.75) is 12.8 Å². The summed E-state index contributed by atoms with van der Waals surface area (Å²) in [6.07, 6.45) is 0.880. The Hall–Kier alpha value is -1.46. The number of phosphoric acid groups is 1. The predicted octanol–water partition coefficient (Wildman–Crippen LogP) is 1.83. The molecule has 0 radical (unpaired) electrons. The maximum Gasteiger partial charge on any atom is 0.469 e. The summed E-state index contributed by atoms with van der Waals surface area (Å²) in [6, 6.07) is 8.52. The molecule has 1 aromatic heterocycles. The van der Waals surface area contributed by atoms with Crippen LogP contribution in [0.2, 0.25) is 0 Å². The van der Waals surface area contributed by atoms with Crippen molar-refractivity contribution < 1.29 is 23.3 Å². The van der Waals surface area contributed by atoms with Gasteiger partial charge in [0.2, 0.25) is 0 Å². The summed E-state index contributed by atoms with van der Waals surface area (Å²) in [4.78, 5) is 28.5. The van der Waals surface area contributed by atoms with E-state index in [0.29, 0.717) is 18.4 Å². The standard InChI is InChI=1S/C12H13O6P/c13-12-8-9(4-3-7-17-19(14,15)16)10-5-1-2-6-11(10)18-12/h1-2,5-6,8H,3-4,7H2,(H2,14,15,16). The van der Waals surface area contributed by atoms with Crippen LogP contribution in [0.25, 0.3) is 11.0 Å². The number of benzene rings is 1. The summed E-state index contributed by atoms with van der Waals surface area (Å²) in [5, 5.41) is 0.818. The molecule has 2 N–H and O–H groups in total. The van der Waals surface area contributed by atoms with Crippen molar-refractivity contribution in [3.63, 3.8) is 0 Å². The molecule has 1 heterocycles. The van der Waals surface area contributed by atoms with Crippen LogP contribution in [-0.2, 0) is 15.5 Å². The summed E-state index contributed by atoms with van der Waals surface area (Å²) in [6.45, 7) is -0.0706. The van der Waals surface area contributed by atoms with Gasteiger partial charge in [-0.1, -0.05) is 18.2 Å². The Bertz CT molecular complexity index is 671. The van der Waals surface area contributed by atoms with Gasteiger partial charge in [-0.05, 0) is 24.5 Å². The van der Waals surface area contributed by atoms with E-state index in [4.69, 9.17) is 14.2 Å². The Labute approximate surface area is 108 Å². The smallest absolute Gasteiger partial charge is 0.423 e. The fourth-order valence-electron chi connectivity index (χ4n) is 1.83. The molecular formula is C12H13O6P. The molecule has 0 aliphatic carbocycles. The second kappa shape index (κ2) is 5.67. The van der Waals surface area contributed by atoms with Crippen LogP contribution in [0.5, 0.6) is 0 Å². The van der Waals surface area contributed by atoms with Crippen molar-refractivity contribution in [2.24, 2.45) is 0 Å². The minimum atomic E-state index is -4.42. The van der Waals surface area contributed by atoms with E-state index in [1.807, 2.05) is 12.1 Å². The van der Waals surface area contributed by atoms with Gasteiger partial charge in [0.05, 0.1) is 6.61 Å². The highest BCUT2D eigenvalue weighted by molar-refractivity contribution is 7.46. The van der Waals surface area contributed by atoms with Crippen molar-refractivity contribution in [3.8, 4) is 0 Å². The SMILES string of the molecule is O=c1cc(CCCOP(=O)(O)O)c2ccccc2o1. The van der Waals surface area contributed by atoms with E-state index < -0.39 is 13.4 Å². The molecule has 2 rings (SSSR count). The van der Waals surface area contributed by atoms with Crippen LogP contribution < -0.4 is 5.63 Å². The van der Waals surface area contributed by atoms with Crippen molar-refractivity contribution in [3.05, 3.63) is 46.3 Å². The van der Waals surface area contributed by atoms with Gasteiger partial charge in [0.25, 0.3) is 0 Å². The topological polar surface area (TPSA) is 97.0 Å². The number of rotatable bonds is 5. The quantitative estimate of drug-likeness (QED) is 0.494. The van der Waals surface area contributed by atoms with Crippen molar-refractivity contribution in [1.82, 2.24) is 0 Å². The number of phosphoric ester groups is 1. The van der Waals surface area contributed by atoms with Gasteiger partial charge >= 0.3 is 13.4 Å². The van der Waals surface area contributed by atoms with E-state index in [-0.39, 0.29) is 6.61 Å². The van der Waals surface area contributed by atoms with Crippen LogP contribution in [0.3, 0.4) is 0 Å². The average Bonchev–Trinajstić information content (AvgIpc) is 2.33. The Morgan fingerprint density at radius 3 is 2.74 bits per heavy atom. The Balaban J connectivity index is 2.12. The lowest BCUT2D eigenvalue weighted by Crippen LogP contribution is -2.02. The highest BCUT2D eigenvalue weighted by Gasteiger charge is 2.13. The van der Waals surface area contributed by atoms with E-state index in [9.17, 15) is 9.36 Å². The minimum Gasteiger partial charge on any atom is -0.423 e. The number of hydrogen-bond acceptors (Lipinski definition) is 4. The van der Waals surface area contributed by atoms with Crippen LogP contribution in [0.15, 0.2) is 39.5 Å². The lowest BCUT2D eigenvalue weighted by molar-refractivity contribution is 0.195. The average molecular weight is 284 g/mol. The van der Waals surface area contributed by atoms with Crippen LogP contribution in [0.1, 0.15) is 12.0 Å². The van der Waals surface area contributed by atoms with Gasteiger partial charge in [-0.3, -0.25) is 4.52 Å². The zero-order valence-corrected chi connectivity index (χ0v) is 10.9. The predicted molar refractivity (Wildman–Crippen MR) is 68.8 cm³/mol. The first-order chi connectivity index (χ1) is 8.96. The molecule has 0 saturated heterocycles. The zero-order valence-electron chi connectivity index (χ0n) is 9.98. The first-order valence-corrected chi connectivity index (χ1v) is 7.20. The summed E-state index contributed by atoms with van der Waals surface area (Å²) < 4.78 is 19.9. The third kappa shape index (κ3) is 4.01. The molecule has 7 heteroatoms. The van der Waals surface area contributed by atoms with E-state index >= 15 is 0 Å². The second-order valence-electron chi connectivity index (χ2n) is 4.01.